The average Bonchev–Trinajstić information content (AvgIpc) is 3.21. The fraction of sp³-hybridized carbons (Fsp3) is 0.571. The summed E-state index contributed by atoms with van der Waals surface area (Å²) >= 11 is 0.209. The van der Waals surface area contributed by atoms with Gasteiger partial charge in [-0.25, -0.2) is 8.42 Å². The molecule has 2 aromatic heterocycles. The highest BCUT2D eigenvalue weighted by molar-refractivity contribution is 7.89. The van der Waals surface area contributed by atoms with Gasteiger partial charge in [0.2, 0.25) is 26.1 Å². The summed E-state index contributed by atoms with van der Waals surface area (Å²) in [6.07, 6.45) is -3.83. The van der Waals surface area contributed by atoms with Crippen molar-refractivity contribution in [3.05, 3.63) is 16.5 Å². The van der Waals surface area contributed by atoms with Gasteiger partial charge in [-0.1, -0.05) is 16.5 Å². The molecule has 1 amide bonds. The molecule has 0 saturated carbocycles. The Bertz CT molecular complexity index is 966. The molecule has 1 N–H and O–H groups in total. The molecule has 3 heterocycles. The molecule has 1 aliphatic heterocycles. The van der Waals surface area contributed by atoms with Gasteiger partial charge in [-0.2, -0.15) is 17.5 Å². The molecule has 14 heteroatoms. The molecule has 1 aliphatic rings. The minimum atomic E-state index is -4.65. The Labute approximate surface area is 162 Å². The van der Waals surface area contributed by atoms with E-state index < -0.39 is 33.0 Å². The van der Waals surface area contributed by atoms with E-state index in [1.54, 1.807) is 0 Å². The SMILES string of the molecule is Cc1noc(C)c1S(=O)(=O)N1CCCC(C(=O)Nc2nnc(C(F)(F)F)s2)C1. The van der Waals surface area contributed by atoms with E-state index in [9.17, 15) is 26.4 Å². The second kappa shape index (κ2) is 7.40. The number of nitrogens with zero attached hydrogens (tertiary/aromatic N) is 4. The first-order valence-corrected chi connectivity index (χ1v) is 10.4. The van der Waals surface area contributed by atoms with Gasteiger partial charge in [-0.3, -0.25) is 4.79 Å². The number of hydrogen-bond donors (Lipinski definition) is 1. The summed E-state index contributed by atoms with van der Waals surface area (Å²) in [5.41, 5.74) is 0.220. The van der Waals surface area contributed by atoms with Crippen molar-refractivity contribution in [3.63, 3.8) is 0 Å². The number of nitrogens with one attached hydrogen (secondary N) is 1. The Balaban J connectivity index is 1.72. The quantitative estimate of drug-likeness (QED) is 0.776. The molecule has 0 spiro atoms. The Hall–Kier alpha value is -2.06. The monoisotopic (exact) mass is 439 g/mol. The highest BCUT2D eigenvalue weighted by Crippen LogP contribution is 2.33. The standard InChI is InChI=1S/C14H16F3N5O4S2/c1-7-10(8(2)26-21-7)28(24,25)22-5-3-4-9(6-22)11(23)18-13-20-19-12(27-13)14(15,16)17/h9H,3-6H2,1-2H3,(H,18,20,23). The number of amides is 1. The van der Waals surface area contributed by atoms with Crippen molar-refractivity contribution < 1.29 is 30.9 Å². The molecule has 28 heavy (non-hydrogen) atoms. The van der Waals surface area contributed by atoms with Crippen LogP contribution in [-0.2, 0) is 21.0 Å². The molecule has 0 radical (unpaired) electrons. The number of sulfonamides is 1. The van der Waals surface area contributed by atoms with E-state index in [0.717, 1.165) is 4.31 Å². The van der Waals surface area contributed by atoms with Crippen molar-refractivity contribution in [1.82, 2.24) is 19.7 Å². The molecular weight excluding hydrogens is 423 g/mol. The number of aromatic nitrogens is 3. The van der Waals surface area contributed by atoms with Crippen LogP contribution < -0.4 is 5.32 Å². The Morgan fingerprint density at radius 2 is 2.04 bits per heavy atom. The van der Waals surface area contributed by atoms with Crippen molar-refractivity contribution in [1.29, 1.82) is 0 Å². The lowest BCUT2D eigenvalue weighted by molar-refractivity contribution is -0.138. The van der Waals surface area contributed by atoms with E-state index in [0.29, 0.717) is 12.8 Å². The molecule has 3 rings (SSSR count). The number of halogens is 3. The lowest BCUT2D eigenvalue weighted by Gasteiger charge is -2.30. The molecular formula is C14H16F3N5O4S2. The van der Waals surface area contributed by atoms with Gasteiger partial charge in [0.25, 0.3) is 0 Å². The number of carbonyl (C=O) groups excluding carboxylic acids is 1. The zero-order chi connectivity index (χ0) is 20.7. The third kappa shape index (κ3) is 4.03. The van der Waals surface area contributed by atoms with Crippen molar-refractivity contribution in [2.45, 2.75) is 37.8 Å². The Morgan fingerprint density at radius 3 is 2.61 bits per heavy atom. The number of anilines is 1. The van der Waals surface area contributed by atoms with E-state index >= 15 is 0 Å². The van der Waals surface area contributed by atoms with E-state index in [1.807, 2.05) is 0 Å². The second-order valence-corrected chi connectivity index (χ2v) is 9.11. The van der Waals surface area contributed by atoms with Crippen LogP contribution in [-0.4, -0.2) is 47.1 Å². The fourth-order valence-electron chi connectivity index (χ4n) is 2.94. The summed E-state index contributed by atoms with van der Waals surface area (Å²) in [6, 6.07) is 0. The van der Waals surface area contributed by atoms with Crippen LogP contribution in [0.3, 0.4) is 0 Å². The van der Waals surface area contributed by atoms with Gasteiger partial charge in [0.1, 0.15) is 10.6 Å². The Kier molecular flexibility index (Phi) is 5.46. The third-order valence-electron chi connectivity index (χ3n) is 4.22. The van der Waals surface area contributed by atoms with Gasteiger partial charge in [0.15, 0.2) is 5.76 Å². The molecule has 0 bridgehead atoms. The van der Waals surface area contributed by atoms with E-state index in [-0.39, 0.29) is 45.9 Å². The lowest BCUT2D eigenvalue weighted by Crippen LogP contribution is -2.43. The van der Waals surface area contributed by atoms with E-state index in [2.05, 4.69) is 20.7 Å². The van der Waals surface area contributed by atoms with Crippen molar-refractivity contribution >= 4 is 32.4 Å². The second-order valence-electron chi connectivity index (χ2n) is 6.25. The highest BCUT2D eigenvalue weighted by Gasteiger charge is 2.38. The van der Waals surface area contributed by atoms with Crippen LogP contribution in [0.15, 0.2) is 9.42 Å². The molecule has 0 aromatic carbocycles. The summed E-state index contributed by atoms with van der Waals surface area (Å²) in [7, 11) is -3.91. The first kappa shape index (κ1) is 20.7. The maximum absolute atomic E-state index is 12.9. The summed E-state index contributed by atoms with van der Waals surface area (Å²) < 4.78 is 69.6. The number of aryl methyl sites for hydroxylation is 2. The fourth-order valence-corrected chi connectivity index (χ4v) is 5.37. The molecule has 1 saturated heterocycles. The molecule has 0 aliphatic carbocycles. The van der Waals surface area contributed by atoms with Crippen molar-refractivity contribution in [3.8, 4) is 0 Å². The zero-order valence-electron chi connectivity index (χ0n) is 14.8. The smallest absolute Gasteiger partial charge is 0.360 e. The van der Waals surface area contributed by atoms with Crippen LogP contribution in [0.1, 0.15) is 29.3 Å². The number of piperidine rings is 1. The first-order chi connectivity index (χ1) is 13.0. The van der Waals surface area contributed by atoms with Gasteiger partial charge < -0.3 is 9.84 Å². The average molecular weight is 439 g/mol. The van der Waals surface area contributed by atoms with Gasteiger partial charge in [0.05, 0.1) is 5.92 Å². The van der Waals surface area contributed by atoms with Crippen LogP contribution in [0, 0.1) is 19.8 Å². The number of rotatable bonds is 4. The molecule has 2 aromatic rings. The van der Waals surface area contributed by atoms with Crippen LogP contribution in [0.25, 0.3) is 0 Å². The maximum atomic E-state index is 12.9. The molecule has 154 valence electrons. The summed E-state index contributed by atoms with van der Waals surface area (Å²) in [6.45, 7) is 3.09. The predicted molar refractivity (Wildman–Crippen MR) is 91.0 cm³/mol. The highest BCUT2D eigenvalue weighted by atomic mass is 32.2. The van der Waals surface area contributed by atoms with Crippen LogP contribution in [0.4, 0.5) is 18.3 Å². The van der Waals surface area contributed by atoms with Gasteiger partial charge in [0, 0.05) is 13.1 Å². The van der Waals surface area contributed by atoms with Crippen LogP contribution >= 0.6 is 11.3 Å². The maximum Gasteiger partial charge on any atom is 0.445 e. The van der Waals surface area contributed by atoms with Crippen molar-refractivity contribution in [2.24, 2.45) is 5.92 Å². The topological polar surface area (TPSA) is 118 Å². The number of carbonyl (C=O) groups is 1. The summed E-state index contributed by atoms with van der Waals surface area (Å²) in [5, 5.41) is 10.8. The summed E-state index contributed by atoms with van der Waals surface area (Å²) in [4.78, 5) is 12.4. The predicted octanol–water partition coefficient (Wildman–Crippen LogP) is 2.20. The van der Waals surface area contributed by atoms with Gasteiger partial charge in [-0.15, -0.1) is 10.2 Å². The number of hydrogen-bond acceptors (Lipinski definition) is 8. The van der Waals surface area contributed by atoms with Crippen molar-refractivity contribution in [2.75, 3.05) is 18.4 Å². The normalized spacial score (nSPS) is 19.0. The minimum absolute atomic E-state index is 0.0347. The molecule has 1 atom stereocenters. The summed E-state index contributed by atoms with van der Waals surface area (Å²) in [5.74, 6) is -1.19. The van der Waals surface area contributed by atoms with E-state index in [4.69, 9.17) is 4.52 Å². The lowest BCUT2D eigenvalue weighted by atomic mass is 9.99. The van der Waals surface area contributed by atoms with Gasteiger partial charge in [-0.05, 0) is 26.7 Å². The molecule has 1 fully saturated rings. The number of alkyl halides is 3. The van der Waals surface area contributed by atoms with Crippen LogP contribution in [0.5, 0.6) is 0 Å². The first-order valence-electron chi connectivity index (χ1n) is 8.14. The molecule has 9 nitrogen and oxygen atoms in total. The zero-order valence-corrected chi connectivity index (χ0v) is 16.4. The molecule has 1 unspecified atom stereocenters. The van der Waals surface area contributed by atoms with E-state index in [1.165, 1.54) is 13.8 Å². The Morgan fingerprint density at radius 1 is 1.32 bits per heavy atom. The largest absolute Gasteiger partial charge is 0.445 e. The third-order valence-corrected chi connectivity index (χ3v) is 7.21. The van der Waals surface area contributed by atoms with Gasteiger partial charge >= 0.3 is 6.18 Å². The van der Waals surface area contributed by atoms with Crippen LogP contribution in [0.2, 0.25) is 0 Å². The minimum Gasteiger partial charge on any atom is -0.360 e.